The van der Waals surface area contributed by atoms with E-state index in [0.29, 0.717) is 12.6 Å². The molecule has 0 radical (unpaired) electrons. The molecule has 20 heavy (non-hydrogen) atoms. The van der Waals surface area contributed by atoms with Crippen molar-refractivity contribution in [2.45, 2.75) is 58.0 Å². The van der Waals surface area contributed by atoms with Gasteiger partial charge in [0.2, 0.25) is 0 Å². The minimum absolute atomic E-state index is 0.379. The molecule has 0 saturated heterocycles. The minimum Gasteiger partial charge on any atom is -0.481 e. The van der Waals surface area contributed by atoms with E-state index in [0.717, 1.165) is 37.8 Å². The molecule has 1 heterocycles. The molecular weight excluding hydrogens is 250 g/mol. The highest BCUT2D eigenvalue weighted by molar-refractivity contribution is 5.77. The molecule has 1 aromatic carbocycles. The number of rotatable bonds is 6. The number of hydrogen-bond donors (Lipinski definition) is 1. The third-order valence-corrected chi connectivity index (χ3v) is 4.28. The topological polar surface area (TPSA) is 40.5 Å². The Morgan fingerprint density at radius 3 is 2.55 bits per heavy atom. The Labute approximate surface area is 121 Å². The van der Waals surface area contributed by atoms with Gasteiger partial charge in [-0.05, 0) is 24.0 Å². The molecule has 0 fully saturated rings. The first kappa shape index (κ1) is 15.0. The lowest BCUT2D eigenvalue weighted by Crippen LogP contribution is -2.43. The summed E-state index contributed by atoms with van der Waals surface area (Å²) in [6, 6.07) is 8.52. The molecule has 1 aromatic rings. The fourth-order valence-electron chi connectivity index (χ4n) is 3.30. The van der Waals surface area contributed by atoms with Crippen molar-refractivity contribution in [1.82, 2.24) is 4.90 Å². The highest BCUT2D eigenvalue weighted by Crippen LogP contribution is 2.31. The van der Waals surface area contributed by atoms with Crippen molar-refractivity contribution in [1.29, 1.82) is 0 Å². The van der Waals surface area contributed by atoms with Crippen LogP contribution in [0, 0.1) is 0 Å². The van der Waals surface area contributed by atoms with E-state index in [1.807, 2.05) is 18.2 Å². The molecule has 1 aliphatic heterocycles. The third kappa shape index (κ3) is 3.21. The lowest BCUT2D eigenvalue weighted by molar-refractivity contribution is -0.139. The molecule has 1 aliphatic rings. The second-order valence-electron chi connectivity index (χ2n) is 5.75. The van der Waals surface area contributed by atoms with Crippen molar-refractivity contribution in [2.75, 3.05) is 6.54 Å². The molecule has 3 heteroatoms. The molecule has 1 unspecified atom stereocenters. The van der Waals surface area contributed by atoms with E-state index in [9.17, 15) is 9.90 Å². The summed E-state index contributed by atoms with van der Waals surface area (Å²) in [4.78, 5) is 14.0. The Balaban J connectivity index is 2.24. The van der Waals surface area contributed by atoms with Crippen LogP contribution in [-0.2, 0) is 11.3 Å². The lowest BCUT2D eigenvalue weighted by Gasteiger charge is -2.38. The summed E-state index contributed by atoms with van der Waals surface area (Å²) in [6.45, 7) is 5.95. The molecule has 0 aliphatic carbocycles. The quantitative estimate of drug-likeness (QED) is 0.861. The van der Waals surface area contributed by atoms with E-state index < -0.39 is 5.97 Å². The van der Waals surface area contributed by atoms with Gasteiger partial charge in [-0.3, -0.25) is 9.69 Å². The van der Waals surface area contributed by atoms with Gasteiger partial charge < -0.3 is 5.11 Å². The number of fused-ring (bicyclic) bond motifs is 1. The monoisotopic (exact) mass is 275 g/mol. The molecule has 110 valence electrons. The second kappa shape index (κ2) is 6.89. The standard InChI is InChI=1S/C17H25NO2/c1-3-7-14(8-4-2)18-11-13-9-5-6-10-15(13)16(12-18)17(19)20/h5-6,9-10,14,16H,3-4,7-8,11-12H2,1-2H3,(H,19,20). The van der Waals surface area contributed by atoms with Crippen LogP contribution in [0.25, 0.3) is 0 Å². The summed E-state index contributed by atoms with van der Waals surface area (Å²) in [6.07, 6.45) is 4.62. The number of benzene rings is 1. The van der Waals surface area contributed by atoms with Gasteiger partial charge in [-0.2, -0.15) is 0 Å². The first-order valence-corrected chi connectivity index (χ1v) is 7.72. The average Bonchev–Trinajstić information content (AvgIpc) is 2.45. The van der Waals surface area contributed by atoms with Crippen molar-refractivity contribution in [3.8, 4) is 0 Å². The number of hydrogen-bond acceptors (Lipinski definition) is 2. The Morgan fingerprint density at radius 2 is 1.95 bits per heavy atom. The summed E-state index contributed by atoms with van der Waals surface area (Å²) in [5.41, 5.74) is 2.19. The van der Waals surface area contributed by atoms with Gasteiger partial charge in [0, 0.05) is 19.1 Å². The highest BCUT2D eigenvalue weighted by atomic mass is 16.4. The predicted octanol–water partition coefficient (Wildman–Crippen LogP) is 3.64. The fraction of sp³-hybridized carbons (Fsp3) is 0.588. The Hall–Kier alpha value is -1.35. The molecule has 3 nitrogen and oxygen atoms in total. The van der Waals surface area contributed by atoms with Gasteiger partial charge in [0.15, 0.2) is 0 Å². The predicted molar refractivity (Wildman–Crippen MR) is 80.8 cm³/mol. The first-order chi connectivity index (χ1) is 9.67. The Bertz CT molecular complexity index is 452. The minimum atomic E-state index is -0.700. The van der Waals surface area contributed by atoms with E-state index in [1.165, 1.54) is 5.56 Å². The zero-order valence-corrected chi connectivity index (χ0v) is 12.5. The largest absolute Gasteiger partial charge is 0.481 e. The van der Waals surface area contributed by atoms with Crippen LogP contribution in [0.4, 0.5) is 0 Å². The summed E-state index contributed by atoms with van der Waals surface area (Å²) >= 11 is 0. The molecule has 0 saturated carbocycles. The van der Waals surface area contributed by atoms with Gasteiger partial charge in [-0.25, -0.2) is 0 Å². The summed E-state index contributed by atoms with van der Waals surface area (Å²) in [5.74, 6) is -1.08. The van der Waals surface area contributed by atoms with E-state index in [1.54, 1.807) is 0 Å². The molecule has 0 aromatic heterocycles. The van der Waals surface area contributed by atoms with Gasteiger partial charge in [-0.1, -0.05) is 51.0 Å². The fourth-order valence-corrected chi connectivity index (χ4v) is 3.30. The first-order valence-electron chi connectivity index (χ1n) is 7.72. The molecular formula is C17H25NO2. The van der Waals surface area contributed by atoms with E-state index in [2.05, 4.69) is 24.8 Å². The number of carbonyl (C=O) groups is 1. The van der Waals surface area contributed by atoms with E-state index >= 15 is 0 Å². The molecule has 0 bridgehead atoms. The van der Waals surface area contributed by atoms with Gasteiger partial charge in [0.1, 0.15) is 0 Å². The molecule has 0 amide bonds. The number of carboxylic acid groups (broad SMARTS) is 1. The number of aliphatic carboxylic acids is 1. The van der Waals surface area contributed by atoms with Crippen molar-refractivity contribution in [2.24, 2.45) is 0 Å². The SMILES string of the molecule is CCCC(CCC)N1Cc2ccccc2C(C(=O)O)C1. The molecule has 1 N–H and O–H groups in total. The maximum atomic E-state index is 11.6. The van der Waals surface area contributed by atoms with Crippen molar-refractivity contribution in [3.63, 3.8) is 0 Å². The normalized spacial score (nSPS) is 19.1. The number of carboxylic acids is 1. The third-order valence-electron chi connectivity index (χ3n) is 4.28. The smallest absolute Gasteiger partial charge is 0.312 e. The van der Waals surface area contributed by atoms with E-state index in [-0.39, 0.29) is 5.92 Å². The van der Waals surface area contributed by atoms with Crippen LogP contribution >= 0.6 is 0 Å². The Morgan fingerprint density at radius 1 is 1.30 bits per heavy atom. The summed E-state index contributed by atoms with van der Waals surface area (Å²) in [5, 5.41) is 9.52. The van der Waals surface area contributed by atoms with Crippen LogP contribution in [0.5, 0.6) is 0 Å². The lowest BCUT2D eigenvalue weighted by atomic mass is 9.88. The van der Waals surface area contributed by atoms with Crippen molar-refractivity contribution in [3.05, 3.63) is 35.4 Å². The van der Waals surface area contributed by atoms with Crippen LogP contribution in [0.15, 0.2) is 24.3 Å². The number of nitrogens with zero attached hydrogens (tertiary/aromatic N) is 1. The maximum Gasteiger partial charge on any atom is 0.312 e. The van der Waals surface area contributed by atoms with Gasteiger partial charge in [0.25, 0.3) is 0 Å². The summed E-state index contributed by atoms with van der Waals surface area (Å²) in [7, 11) is 0. The second-order valence-corrected chi connectivity index (χ2v) is 5.75. The molecule has 0 spiro atoms. The average molecular weight is 275 g/mol. The van der Waals surface area contributed by atoms with E-state index in [4.69, 9.17) is 0 Å². The summed E-state index contributed by atoms with van der Waals surface area (Å²) < 4.78 is 0. The zero-order chi connectivity index (χ0) is 14.5. The van der Waals surface area contributed by atoms with Gasteiger partial charge in [0.05, 0.1) is 5.92 Å². The molecule has 1 atom stereocenters. The van der Waals surface area contributed by atoms with Gasteiger partial charge >= 0.3 is 5.97 Å². The zero-order valence-electron chi connectivity index (χ0n) is 12.5. The van der Waals surface area contributed by atoms with Crippen LogP contribution in [0.1, 0.15) is 56.6 Å². The van der Waals surface area contributed by atoms with Crippen LogP contribution in [0.2, 0.25) is 0 Å². The van der Waals surface area contributed by atoms with Crippen molar-refractivity contribution < 1.29 is 9.90 Å². The van der Waals surface area contributed by atoms with Crippen LogP contribution < -0.4 is 0 Å². The van der Waals surface area contributed by atoms with Gasteiger partial charge in [-0.15, -0.1) is 0 Å². The van der Waals surface area contributed by atoms with Crippen LogP contribution in [-0.4, -0.2) is 28.6 Å². The maximum absolute atomic E-state index is 11.6. The highest BCUT2D eigenvalue weighted by Gasteiger charge is 2.32. The Kier molecular flexibility index (Phi) is 5.18. The van der Waals surface area contributed by atoms with Crippen molar-refractivity contribution >= 4 is 5.97 Å². The molecule has 2 rings (SSSR count). The van der Waals surface area contributed by atoms with Crippen LogP contribution in [0.3, 0.4) is 0 Å².